The largest absolute Gasteiger partial charge is 0.408 e. The van der Waals surface area contributed by atoms with E-state index in [1.165, 1.54) is 17.2 Å². The minimum atomic E-state index is -4.56. The SMILES string of the molecule is C[C@@H](NC(=O)C1C=CC2=C(N1)N(C(=O)Nc1cc(-c3cnn[nH]3)ccn1)[C@H]1CCN2C1)C(F)(F)F. The summed E-state index contributed by atoms with van der Waals surface area (Å²) in [4.78, 5) is 33.7. The van der Waals surface area contributed by atoms with E-state index in [0.717, 1.165) is 12.5 Å². The molecule has 14 heteroatoms. The lowest BCUT2D eigenvalue weighted by Crippen LogP contribution is -2.57. The van der Waals surface area contributed by atoms with E-state index in [4.69, 9.17) is 0 Å². The van der Waals surface area contributed by atoms with E-state index in [0.29, 0.717) is 42.5 Å². The second kappa shape index (κ2) is 8.60. The molecule has 3 aliphatic heterocycles. The van der Waals surface area contributed by atoms with Crippen molar-refractivity contribution < 1.29 is 22.8 Å². The van der Waals surface area contributed by atoms with E-state index >= 15 is 0 Å². The lowest BCUT2D eigenvalue weighted by atomic mass is 10.1. The maximum Gasteiger partial charge on any atom is 0.408 e. The molecule has 0 aliphatic carbocycles. The highest BCUT2D eigenvalue weighted by molar-refractivity contribution is 5.91. The maximum absolute atomic E-state index is 13.4. The number of hydrogen-bond acceptors (Lipinski definition) is 7. The van der Waals surface area contributed by atoms with Gasteiger partial charge in [0, 0.05) is 24.8 Å². The Hall–Kier alpha value is -4.10. The number of aromatic nitrogens is 4. The molecule has 1 unspecified atom stereocenters. The summed E-state index contributed by atoms with van der Waals surface area (Å²) in [6.07, 6.45) is 2.38. The molecule has 3 amide bonds. The van der Waals surface area contributed by atoms with Gasteiger partial charge in [-0.2, -0.15) is 13.2 Å². The smallest absolute Gasteiger partial charge is 0.366 e. The van der Waals surface area contributed by atoms with Gasteiger partial charge in [0.05, 0.1) is 23.6 Å². The van der Waals surface area contributed by atoms with Crippen LogP contribution in [0.4, 0.5) is 23.8 Å². The van der Waals surface area contributed by atoms with Gasteiger partial charge < -0.3 is 15.5 Å². The van der Waals surface area contributed by atoms with Gasteiger partial charge in [-0.3, -0.25) is 20.1 Å². The summed E-state index contributed by atoms with van der Waals surface area (Å²) in [6.45, 7) is 2.19. The number of carbonyl (C=O) groups is 2. The number of hydrogen-bond donors (Lipinski definition) is 4. The second-order valence-corrected chi connectivity index (χ2v) is 8.48. The van der Waals surface area contributed by atoms with Crippen molar-refractivity contribution in [3.63, 3.8) is 0 Å². The van der Waals surface area contributed by atoms with E-state index in [9.17, 15) is 22.8 Å². The van der Waals surface area contributed by atoms with Crippen LogP contribution in [-0.4, -0.2) is 79.5 Å². The molecular weight excluding hydrogens is 467 g/mol. The number of nitrogens with zero attached hydrogens (tertiary/aromatic N) is 5. The van der Waals surface area contributed by atoms with Crippen LogP contribution < -0.4 is 16.0 Å². The average molecular weight is 489 g/mol. The number of aromatic amines is 1. The lowest BCUT2D eigenvalue weighted by molar-refractivity contribution is -0.158. The molecule has 0 spiro atoms. The van der Waals surface area contributed by atoms with Crippen LogP contribution in [0.15, 0.2) is 48.2 Å². The first-order chi connectivity index (χ1) is 16.7. The summed E-state index contributed by atoms with van der Waals surface area (Å²) < 4.78 is 38.7. The minimum absolute atomic E-state index is 0.175. The topological polar surface area (TPSA) is 131 Å². The molecule has 5 rings (SSSR count). The molecule has 4 N–H and O–H groups in total. The Kier molecular flexibility index (Phi) is 5.57. The predicted molar refractivity (Wildman–Crippen MR) is 117 cm³/mol. The molecule has 2 bridgehead atoms. The van der Waals surface area contributed by atoms with E-state index in [1.54, 1.807) is 24.4 Å². The third-order valence-electron chi connectivity index (χ3n) is 6.16. The van der Waals surface area contributed by atoms with Crippen molar-refractivity contribution in [1.29, 1.82) is 0 Å². The number of dihydropyridines is 1. The Labute approximate surface area is 197 Å². The number of alkyl halides is 3. The van der Waals surface area contributed by atoms with Gasteiger partial charge in [-0.15, -0.1) is 5.10 Å². The van der Waals surface area contributed by atoms with Gasteiger partial charge in [-0.25, -0.2) is 9.78 Å². The summed E-state index contributed by atoms with van der Waals surface area (Å²) in [7, 11) is 0. The number of rotatable bonds is 4. The molecule has 0 saturated carbocycles. The van der Waals surface area contributed by atoms with Crippen LogP contribution in [0.2, 0.25) is 0 Å². The van der Waals surface area contributed by atoms with E-state index in [1.807, 2.05) is 5.32 Å². The molecule has 5 heterocycles. The quantitative estimate of drug-likeness (QED) is 0.513. The number of halogens is 3. The van der Waals surface area contributed by atoms with Gasteiger partial charge in [0.15, 0.2) is 0 Å². The number of carbonyl (C=O) groups excluding carboxylic acids is 2. The number of H-pyrrole nitrogens is 1. The third-order valence-corrected chi connectivity index (χ3v) is 6.16. The number of allylic oxidation sites excluding steroid dienone is 1. The normalized spacial score (nSPS) is 21.9. The third kappa shape index (κ3) is 4.38. The van der Waals surface area contributed by atoms with Crippen molar-refractivity contribution in [2.24, 2.45) is 0 Å². The molecule has 1 fully saturated rings. The van der Waals surface area contributed by atoms with E-state index in [2.05, 4.69) is 35.9 Å². The summed E-state index contributed by atoms with van der Waals surface area (Å²) in [5.74, 6) is -0.176. The number of urea groups is 1. The average Bonchev–Trinajstić information content (AvgIpc) is 3.50. The Bertz CT molecular complexity index is 1190. The van der Waals surface area contributed by atoms with Crippen LogP contribution in [0.3, 0.4) is 0 Å². The highest BCUT2D eigenvalue weighted by Crippen LogP contribution is 2.34. The van der Waals surface area contributed by atoms with Crippen molar-refractivity contribution >= 4 is 17.8 Å². The van der Waals surface area contributed by atoms with Crippen LogP contribution in [-0.2, 0) is 4.79 Å². The molecule has 11 nitrogen and oxygen atoms in total. The summed E-state index contributed by atoms with van der Waals surface area (Å²) >= 11 is 0. The van der Waals surface area contributed by atoms with Crippen LogP contribution in [0.1, 0.15) is 13.3 Å². The van der Waals surface area contributed by atoms with E-state index in [-0.39, 0.29) is 6.04 Å². The minimum Gasteiger partial charge on any atom is -0.366 e. The lowest BCUT2D eigenvalue weighted by Gasteiger charge is -2.41. The fraction of sp³-hybridized carbons (Fsp3) is 0.381. The highest BCUT2D eigenvalue weighted by atomic mass is 19.4. The van der Waals surface area contributed by atoms with Gasteiger partial charge in [0.2, 0.25) is 5.91 Å². The van der Waals surface area contributed by atoms with Crippen LogP contribution in [0, 0.1) is 0 Å². The summed E-state index contributed by atoms with van der Waals surface area (Å²) in [5.41, 5.74) is 2.07. The molecule has 0 aromatic carbocycles. The fourth-order valence-corrected chi connectivity index (χ4v) is 4.32. The molecule has 2 aromatic rings. The Morgan fingerprint density at radius 1 is 1.31 bits per heavy atom. The highest BCUT2D eigenvalue weighted by Gasteiger charge is 2.43. The standard InChI is InChI=1S/C21H22F3N9O2/c1-11(21(22,23)24)27-19(34)14-2-3-16-18(28-14)33(13-5-7-32(16)10-13)20(35)29-17-8-12(4-6-25-17)15-9-26-31-30-15/h2-4,6,8-9,11,13-14,28H,5,7,10H2,1H3,(H,27,34)(H,25,29,35)(H,26,30,31)/t11-,13+,14?/m1/s1. The van der Waals surface area contributed by atoms with Gasteiger partial charge in [-0.05, 0) is 31.6 Å². The fourth-order valence-electron chi connectivity index (χ4n) is 4.32. The Morgan fingerprint density at radius 3 is 2.89 bits per heavy atom. The number of pyridine rings is 1. The molecule has 184 valence electrons. The first-order valence-corrected chi connectivity index (χ1v) is 10.9. The molecule has 0 radical (unpaired) electrons. The molecule has 35 heavy (non-hydrogen) atoms. The van der Waals surface area contributed by atoms with Gasteiger partial charge in [0.25, 0.3) is 0 Å². The molecule has 3 atom stereocenters. The number of fused-ring (bicyclic) bond motifs is 3. The monoisotopic (exact) mass is 489 g/mol. The number of nitrogens with one attached hydrogen (secondary N) is 4. The number of amides is 3. The molecule has 1 saturated heterocycles. The van der Waals surface area contributed by atoms with Crippen molar-refractivity contribution in [2.75, 3.05) is 18.4 Å². The predicted octanol–water partition coefficient (Wildman–Crippen LogP) is 1.55. The van der Waals surface area contributed by atoms with Crippen LogP contribution >= 0.6 is 0 Å². The Morgan fingerprint density at radius 2 is 2.14 bits per heavy atom. The van der Waals surface area contributed by atoms with Gasteiger partial charge >= 0.3 is 12.2 Å². The van der Waals surface area contributed by atoms with Crippen LogP contribution in [0.5, 0.6) is 0 Å². The summed E-state index contributed by atoms with van der Waals surface area (Å²) in [6, 6.07) is -0.319. The van der Waals surface area contributed by atoms with Gasteiger partial charge in [0.1, 0.15) is 23.7 Å². The zero-order valence-electron chi connectivity index (χ0n) is 18.5. The maximum atomic E-state index is 13.4. The first-order valence-electron chi connectivity index (χ1n) is 10.9. The van der Waals surface area contributed by atoms with Crippen molar-refractivity contribution in [2.45, 2.75) is 37.6 Å². The van der Waals surface area contributed by atoms with E-state index < -0.39 is 30.2 Å². The molecule has 3 aliphatic rings. The molecular formula is C21H22F3N9O2. The second-order valence-electron chi connectivity index (χ2n) is 8.48. The van der Waals surface area contributed by atoms with Crippen molar-refractivity contribution in [1.82, 2.24) is 40.8 Å². The first kappa shape index (κ1) is 22.7. The van der Waals surface area contributed by atoms with Crippen molar-refractivity contribution in [3.8, 4) is 11.3 Å². The Balaban J connectivity index is 1.35. The zero-order valence-corrected chi connectivity index (χ0v) is 18.5. The van der Waals surface area contributed by atoms with Crippen LogP contribution in [0.25, 0.3) is 11.3 Å². The number of anilines is 1. The summed E-state index contributed by atoms with van der Waals surface area (Å²) in [5, 5.41) is 17.9. The van der Waals surface area contributed by atoms with Crippen molar-refractivity contribution in [3.05, 3.63) is 48.2 Å². The van der Waals surface area contributed by atoms with Gasteiger partial charge in [-0.1, -0.05) is 11.3 Å². The zero-order chi connectivity index (χ0) is 24.7. The molecule has 2 aromatic heterocycles.